The summed E-state index contributed by atoms with van der Waals surface area (Å²) in [6.07, 6.45) is 4.36. The minimum Gasteiger partial charge on any atom is -0.399 e. The number of hydrogen-bond donors (Lipinski definition) is 2. The van der Waals surface area contributed by atoms with Gasteiger partial charge in [-0.15, -0.1) is 0 Å². The Morgan fingerprint density at radius 3 is 2.58 bits per heavy atom. The minimum absolute atomic E-state index is 0.0273. The number of nitrogen functional groups attached to an aromatic ring is 1. The zero-order chi connectivity index (χ0) is 18.4. The zero-order valence-corrected chi connectivity index (χ0v) is 15.6. The van der Waals surface area contributed by atoms with Gasteiger partial charge in [0.05, 0.1) is 5.56 Å². The smallest absolute Gasteiger partial charge is 0.253 e. The first-order chi connectivity index (χ1) is 12.7. The number of piperidine rings is 1. The fourth-order valence-electron chi connectivity index (χ4n) is 3.67. The maximum absolute atomic E-state index is 12.5. The van der Waals surface area contributed by atoms with E-state index in [4.69, 9.17) is 5.73 Å². The summed E-state index contributed by atoms with van der Waals surface area (Å²) in [6.45, 7) is 4.70. The van der Waals surface area contributed by atoms with E-state index in [1.54, 1.807) is 6.07 Å². The van der Waals surface area contributed by atoms with Gasteiger partial charge in [-0.2, -0.15) is 0 Å². The Morgan fingerprint density at radius 1 is 1.15 bits per heavy atom. The third-order valence-corrected chi connectivity index (χ3v) is 5.12. The highest BCUT2D eigenvalue weighted by molar-refractivity contribution is 6.00. The molecule has 1 aliphatic rings. The van der Waals surface area contributed by atoms with Crippen LogP contribution in [0.15, 0.2) is 48.5 Å². The van der Waals surface area contributed by atoms with Crippen LogP contribution in [-0.4, -0.2) is 25.5 Å². The second-order valence-electron chi connectivity index (χ2n) is 7.15. The van der Waals surface area contributed by atoms with Gasteiger partial charge in [0.25, 0.3) is 5.91 Å². The highest BCUT2D eigenvalue weighted by atomic mass is 16.1. The predicted molar refractivity (Wildman–Crippen MR) is 109 cm³/mol. The van der Waals surface area contributed by atoms with Gasteiger partial charge in [-0.3, -0.25) is 4.79 Å². The third-order valence-electron chi connectivity index (χ3n) is 5.12. The molecule has 4 nitrogen and oxygen atoms in total. The van der Waals surface area contributed by atoms with E-state index in [0.717, 1.165) is 44.5 Å². The average Bonchev–Trinajstić information content (AvgIpc) is 2.67. The Bertz CT molecular complexity index is 721. The second kappa shape index (κ2) is 8.75. The van der Waals surface area contributed by atoms with Crippen LogP contribution in [0, 0.1) is 5.92 Å². The van der Waals surface area contributed by atoms with E-state index in [0.29, 0.717) is 23.7 Å². The lowest BCUT2D eigenvalue weighted by Gasteiger charge is -2.34. The first-order valence-electron chi connectivity index (χ1n) is 9.64. The SMILES string of the molecule is CCCNC(=O)c1cc(N)ccc1N1CCC(Cc2ccccc2)CC1. The number of benzene rings is 2. The Morgan fingerprint density at radius 2 is 1.88 bits per heavy atom. The van der Waals surface area contributed by atoms with Gasteiger partial charge in [-0.05, 0) is 55.4 Å². The molecule has 1 amide bonds. The average molecular weight is 351 g/mol. The van der Waals surface area contributed by atoms with E-state index < -0.39 is 0 Å². The van der Waals surface area contributed by atoms with Crippen molar-refractivity contribution in [2.75, 3.05) is 30.3 Å². The molecular weight excluding hydrogens is 322 g/mol. The molecule has 26 heavy (non-hydrogen) atoms. The fourth-order valence-corrected chi connectivity index (χ4v) is 3.67. The molecule has 4 heteroatoms. The lowest BCUT2D eigenvalue weighted by Crippen LogP contribution is -2.36. The van der Waals surface area contributed by atoms with Crippen LogP contribution in [0.25, 0.3) is 0 Å². The van der Waals surface area contributed by atoms with E-state index in [1.165, 1.54) is 5.56 Å². The number of carbonyl (C=O) groups excluding carboxylic acids is 1. The van der Waals surface area contributed by atoms with Crippen molar-refractivity contribution >= 4 is 17.3 Å². The molecule has 0 saturated carbocycles. The highest BCUT2D eigenvalue weighted by Crippen LogP contribution is 2.29. The Balaban J connectivity index is 1.66. The summed E-state index contributed by atoms with van der Waals surface area (Å²) in [6, 6.07) is 16.4. The number of rotatable bonds is 6. The minimum atomic E-state index is -0.0273. The molecule has 2 aromatic carbocycles. The molecule has 0 aliphatic carbocycles. The summed E-state index contributed by atoms with van der Waals surface area (Å²) in [4.78, 5) is 14.9. The Labute approximate surface area is 156 Å². The van der Waals surface area contributed by atoms with Crippen molar-refractivity contribution < 1.29 is 4.79 Å². The van der Waals surface area contributed by atoms with Gasteiger partial charge >= 0.3 is 0 Å². The molecule has 1 saturated heterocycles. The van der Waals surface area contributed by atoms with Gasteiger partial charge in [-0.25, -0.2) is 0 Å². The highest BCUT2D eigenvalue weighted by Gasteiger charge is 2.23. The number of amides is 1. The summed E-state index contributed by atoms with van der Waals surface area (Å²) in [5.74, 6) is 0.681. The van der Waals surface area contributed by atoms with Crippen LogP contribution in [0.1, 0.15) is 42.1 Å². The van der Waals surface area contributed by atoms with Crippen molar-refractivity contribution in [1.82, 2.24) is 5.32 Å². The molecule has 1 heterocycles. The van der Waals surface area contributed by atoms with Gasteiger partial charge in [0.15, 0.2) is 0 Å². The number of anilines is 2. The van der Waals surface area contributed by atoms with Crippen LogP contribution in [0.5, 0.6) is 0 Å². The number of hydrogen-bond acceptors (Lipinski definition) is 3. The summed E-state index contributed by atoms with van der Waals surface area (Å²) < 4.78 is 0. The summed E-state index contributed by atoms with van der Waals surface area (Å²) in [5.41, 5.74) is 9.68. The van der Waals surface area contributed by atoms with Crippen LogP contribution < -0.4 is 16.0 Å². The van der Waals surface area contributed by atoms with Gasteiger partial charge in [-0.1, -0.05) is 37.3 Å². The number of nitrogens with two attached hydrogens (primary N) is 1. The van der Waals surface area contributed by atoms with Crippen LogP contribution >= 0.6 is 0 Å². The Kier molecular flexibility index (Phi) is 6.16. The lowest BCUT2D eigenvalue weighted by molar-refractivity contribution is 0.0954. The van der Waals surface area contributed by atoms with E-state index in [9.17, 15) is 4.79 Å². The quantitative estimate of drug-likeness (QED) is 0.777. The van der Waals surface area contributed by atoms with Gasteiger partial charge in [0.2, 0.25) is 0 Å². The molecule has 1 aliphatic heterocycles. The molecular formula is C22H29N3O. The monoisotopic (exact) mass is 351 g/mol. The lowest BCUT2D eigenvalue weighted by atomic mass is 9.89. The summed E-state index contributed by atoms with van der Waals surface area (Å²) in [5, 5.41) is 2.98. The molecule has 138 valence electrons. The maximum atomic E-state index is 12.5. The topological polar surface area (TPSA) is 58.4 Å². The van der Waals surface area contributed by atoms with E-state index >= 15 is 0 Å². The van der Waals surface area contributed by atoms with Crippen molar-refractivity contribution in [3.8, 4) is 0 Å². The maximum Gasteiger partial charge on any atom is 0.253 e. The second-order valence-corrected chi connectivity index (χ2v) is 7.15. The van der Waals surface area contributed by atoms with Crippen LogP contribution in [0.2, 0.25) is 0 Å². The van der Waals surface area contributed by atoms with Crippen LogP contribution in [0.4, 0.5) is 11.4 Å². The molecule has 1 fully saturated rings. The van der Waals surface area contributed by atoms with Crippen molar-refractivity contribution in [2.45, 2.75) is 32.6 Å². The molecule has 3 N–H and O–H groups in total. The molecule has 0 bridgehead atoms. The molecule has 0 aromatic heterocycles. The van der Waals surface area contributed by atoms with Gasteiger partial charge in [0.1, 0.15) is 0 Å². The van der Waals surface area contributed by atoms with Crippen LogP contribution in [0.3, 0.4) is 0 Å². The van der Waals surface area contributed by atoms with E-state index in [-0.39, 0.29) is 5.91 Å². The van der Waals surface area contributed by atoms with E-state index in [1.807, 2.05) is 12.1 Å². The molecule has 3 rings (SSSR count). The predicted octanol–water partition coefficient (Wildman–Crippen LogP) is 3.87. The first kappa shape index (κ1) is 18.3. The zero-order valence-electron chi connectivity index (χ0n) is 15.6. The standard InChI is InChI=1S/C22H29N3O/c1-2-12-24-22(26)20-16-19(23)8-9-21(20)25-13-10-18(11-14-25)15-17-6-4-3-5-7-17/h3-9,16,18H,2,10-15,23H2,1H3,(H,24,26). The molecule has 2 aromatic rings. The normalized spacial score (nSPS) is 15.0. The van der Waals surface area contributed by atoms with Crippen molar-refractivity contribution in [1.29, 1.82) is 0 Å². The molecule has 0 atom stereocenters. The van der Waals surface area contributed by atoms with Crippen molar-refractivity contribution in [3.63, 3.8) is 0 Å². The summed E-state index contributed by atoms with van der Waals surface area (Å²) in [7, 11) is 0. The molecule has 0 unspecified atom stereocenters. The number of carbonyl (C=O) groups is 1. The Hall–Kier alpha value is -2.49. The number of nitrogens with zero attached hydrogens (tertiary/aromatic N) is 1. The first-order valence-corrected chi connectivity index (χ1v) is 9.64. The van der Waals surface area contributed by atoms with Gasteiger partial charge < -0.3 is 16.0 Å². The summed E-state index contributed by atoms with van der Waals surface area (Å²) >= 11 is 0. The fraction of sp³-hybridized carbons (Fsp3) is 0.409. The number of nitrogens with one attached hydrogen (secondary N) is 1. The molecule has 0 spiro atoms. The van der Waals surface area contributed by atoms with Crippen LogP contribution in [-0.2, 0) is 6.42 Å². The van der Waals surface area contributed by atoms with Gasteiger partial charge in [0, 0.05) is 31.0 Å². The van der Waals surface area contributed by atoms with Crippen molar-refractivity contribution in [3.05, 3.63) is 59.7 Å². The van der Waals surface area contributed by atoms with E-state index in [2.05, 4.69) is 47.5 Å². The third kappa shape index (κ3) is 4.57. The largest absolute Gasteiger partial charge is 0.399 e. The molecule has 0 radical (unpaired) electrons. The van der Waals surface area contributed by atoms with Crippen molar-refractivity contribution in [2.24, 2.45) is 5.92 Å².